The van der Waals surface area contributed by atoms with Crippen molar-refractivity contribution in [2.75, 3.05) is 12.4 Å². The molecule has 4 aromatic heterocycles. The zero-order valence-corrected chi connectivity index (χ0v) is 14.5. The molecule has 4 aromatic rings. The number of aromatic amines is 1. The van der Waals surface area contributed by atoms with Crippen LogP contribution in [-0.4, -0.2) is 32.0 Å². The highest BCUT2D eigenvalue weighted by Crippen LogP contribution is 2.21. The van der Waals surface area contributed by atoms with Gasteiger partial charge in [0.25, 0.3) is 0 Å². The lowest BCUT2D eigenvalue weighted by molar-refractivity contribution is 0.398. The number of hydrogen-bond donors (Lipinski definition) is 2. The average Bonchev–Trinajstić information content (AvgIpc) is 3.06. The smallest absolute Gasteiger partial charge is 0.227 e. The minimum Gasteiger partial charge on any atom is -0.481 e. The number of anilines is 2. The SMILES string of the molecule is COc1ccc(Nc2ncc(Cc3c[nH]c4ncc(C)cc34)cn2)cn1. The van der Waals surface area contributed by atoms with Crippen LogP contribution in [0.5, 0.6) is 5.88 Å². The summed E-state index contributed by atoms with van der Waals surface area (Å²) in [5, 5.41) is 4.26. The Morgan fingerprint density at radius 2 is 1.88 bits per heavy atom. The quantitative estimate of drug-likeness (QED) is 0.576. The van der Waals surface area contributed by atoms with Gasteiger partial charge in [0.05, 0.1) is 19.0 Å². The first-order valence-electron chi connectivity index (χ1n) is 8.22. The number of hydrogen-bond acceptors (Lipinski definition) is 6. The molecule has 0 fully saturated rings. The first kappa shape index (κ1) is 16.0. The summed E-state index contributed by atoms with van der Waals surface area (Å²) in [6, 6.07) is 5.79. The summed E-state index contributed by atoms with van der Waals surface area (Å²) >= 11 is 0. The fourth-order valence-electron chi connectivity index (χ4n) is 2.74. The maximum Gasteiger partial charge on any atom is 0.227 e. The summed E-state index contributed by atoms with van der Waals surface area (Å²) in [6.45, 7) is 2.04. The molecule has 0 unspecified atom stereocenters. The van der Waals surface area contributed by atoms with Crippen molar-refractivity contribution in [2.45, 2.75) is 13.3 Å². The zero-order chi connectivity index (χ0) is 17.9. The van der Waals surface area contributed by atoms with Crippen LogP contribution in [0.1, 0.15) is 16.7 Å². The number of aromatic nitrogens is 5. The summed E-state index contributed by atoms with van der Waals surface area (Å²) in [6.07, 6.45) is 9.93. The van der Waals surface area contributed by atoms with Gasteiger partial charge in [-0.3, -0.25) is 0 Å². The van der Waals surface area contributed by atoms with E-state index in [1.54, 1.807) is 19.4 Å². The summed E-state index contributed by atoms with van der Waals surface area (Å²) in [5.41, 5.74) is 5.06. The topological polar surface area (TPSA) is 88.6 Å². The monoisotopic (exact) mass is 346 g/mol. The lowest BCUT2D eigenvalue weighted by atomic mass is 10.1. The van der Waals surface area contributed by atoms with Crippen molar-refractivity contribution in [3.05, 3.63) is 65.9 Å². The molecule has 0 spiro atoms. The van der Waals surface area contributed by atoms with Gasteiger partial charge in [0.2, 0.25) is 11.8 Å². The Balaban J connectivity index is 1.49. The standard InChI is InChI=1S/C19H18N6O/c1-12-5-16-14(10-22-18(16)21-7-12)6-13-8-23-19(24-9-13)25-15-3-4-17(26-2)20-11-15/h3-5,7-11H,6H2,1-2H3,(H,21,22)(H,23,24,25). The molecule has 0 saturated heterocycles. The predicted octanol–water partition coefficient (Wildman–Crippen LogP) is 3.40. The fraction of sp³-hybridized carbons (Fsp3) is 0.158. The van der Waals surface area contributed by atoms with Gasteiger partial charge < -0.3 is 15.0 Å². The van der Waals surface area contributed by atoms with E-state index in [-0.39, 0.29) is 0 Å². The molecule has 0 aliphatic carbocycles. The Bertz CT molecular complexity index is 1020. The fourth-order valence-corrected chi connectivity index (χ4v) is 2.74. The normalized spacial score (nSPS) is 10.8. The number of rotatable bonds is 5. The lowest BCUT2D eigenvalue weighted by Gasteiger charge is -2.06. The number of pyridine rings is 2. The molecule has 2 N–H and O–H groups in total. The number of nitrogens with one attached hydrogen (secondary N) is 2. The van der Waals surface area contributed by atoms with E-state index in [0.29, 0.717) is 11.8 Å². The summed E-state index contributed by atoms with van der Waals surface area (Å²) in [5.74, 6) is 1.09. The molecule has 0 aromatic carbocycles. The first-order chi connectivity index (χ1) is 12.7. The van der Waals surface area contributed by atoms with Crippen LogP contribution in [0, 0.1) is 6.92 Å². The van der Waals surface area contributed by atoms with Crippen LogP contribution < -0.4 is 10.1 Å². The largest absolute Gasteiger partial charge is 0.481 e. The van der Waals surface area contributed by atoms with Gasteiger partial charge in [-0.1, -0.05) is 0 Å². The van der Waals surface area contributed by atoms with E-state index in [2.05, 4.69) is 36.3 Å². The highest BCUT2D eigenvalue weighted by atomic mass is 16.5. The highest BCUT2D eigenvalue weighted by Gasteiger charge is 2.07. The number of aryl methyl sites for hydroxylation is 1. The van der Waals surface area contributed by atoms with Crippen LogP contribution in [-0.2, 0) is 6.42 Å². The van der Waals surface area contributed by atoms with Crippen LogP contribution in [0.4, 0.5) is 11.6 Å². The van der Waals surface area contributed by atoms with Crippen molar-refractivity contribution in [1.82, 2.24) is 24.9 Å². The third-order valence-electron chi connectivity index (χ3n) is 4.05. The van der Waals surface area contributed by atoms with Gasteiger partial charge in [-0.05, 0) is 35.7 Å². The molecule has 0 bridgehead atoms. The molecule has 0 aliphatic heterocycles. The van der Waals surface area contributed by atoms with E-state index in [1.807, 2.05) is 37.8 Å². The Morgan fingerprint density at radius 3 is 2.62 bits per heavy atom. The molecular weight excluding hydrogens is 328 g/mol. The van der Waals surface area contributed by atoms with E-state index in [9.17, 15) is 0 Å². The molecule has 4 heterocycles. The Hall–Kier alpha value is -3.48. The summed E-state index contributed by atoms with van der Waals surface area (Å²) in [4.78, 5) is 20.5. The van der Waals surface area contributed by atoms with Gasteiger partial charge in [0.15, 0.2) is 0 Å². The second kappa shape index (κ2) is 6.79. The van der Waals surface area contributed by atoms with Gasteiger partial charge in [-0.25, -0.2) is 19.9 Å². The van der Waals surface area contributed by atoms with Crippen molar-refractivity contribution >= 4 is 22.7 Å². The van der Waals surface area contributed by atoms with E-state index >= 15 is 0 Å². The van der Waals surface area contributed by atoms with E-state index < -0.39 is 0 Å². The number of ether oxygens (including phenoxy) is 1. The molecule has 4 rings (SSSR count). The van der Waals surface area contributed by atoms with Gasteiger partial charge in [-0.15, -0.1) is 0 Å². The van der Waals surface area contributed by atoms with Crippen molar-refractivity contribution in [3.63, 3.8) is 0 Å². The molecule has 7 nitrogen and oxygen atoms in total. The third kappa shape index (κ3) is 3.32. The number of methoxy groups -OCH3 is 1. The van der Waals surface area contributed by atoms with Crippen molar-refractivity contribution in [1.29, 1.82) is 0 Å². The third-order valence-corrected chi connectivity index (χ3v) is 4.05. The molecule has 130 valence electrons. The summed E-state index contributed by atoms with van der Waals surface area (Å²) < 4.78 is 5.05. The van der Waals surface area contributed by atoms with E-state index in [4.69, 9.17) is 4.74 Å². The second-order valence-corrected chi connectivity index (χ2v) is 6.03. The number of fused-ring (bicyclic) bond motifs is 1. The van der Waals surface area contributed by atoms with Crippen molar-refractivity contribution in [3.8, 4) is 5.88 Å². The minimum atomic E-state index is 0.525. The van der Waals surface area contributed by atoms with E-state index in [1.165, 1.54) is 5.56 Å². The van der Waals surface area contributed by atoms with Crippen molar-refractivity contribution in [2.24, 2.45) is 0 Å². The van der Waals surface area contributed by atoms with Crippen LogP contribution >= 0.6 is 0 Å². The van der Waals surface area contributed by atoms with Gasteiger partial charge in [0, 0.05) is 42.7 Å². The highest BCUT2D eigenvalue weighted by molar-refractivity contribution is 5.80. The maximum absolute atomic E-state index is 5.05. The Labute approximate surface area is 150 Å². The van der Waals surface area contributed by atoms with Crippen LogP contribution in [0.3, 0.4) is 0 Å². The van der Waals surface area contributed by atoms with Crippen LogP contribution in [0.15, 0.2) is 49.2 Å². The molecule has 26 heavy (non-hydrogen) atoms. The van der Waals surface area contributed by atoms with Gasteiger partial charge in [-0.2, -0.15) is 0 Å². The minimum absolute atomic E-state index is 0.525. The molecule has 0 saturated carbocycles. The van der Waals surface area contributed by atoms with Crippen LogP contribution in [0.25, 0.3) is 11.0 Å². The summed E-state index contributed by atoms with van der Waals surface area (Å²) in [7, 11) is 1.59. The molecule has 0 atom stereocenters. The number of nitrogens with zero attached hydrogens (tertiary/aromatic N) is 4. The van der Waals surface area contributed by atoms with Gasteiger partial charge in [0.1, 0.15) is 5.65 Å². The molecular formula is C19H18N6O. The average molecular weight is 346 g/mol. The van der Waals surface area contributed by atoms with Gasteiger partial charge >= 0.3 is 0 Å². The van der Waals surface area contributed by atoms with Crippen LogP contribution in [0.2, 0.25) is 0 Å². The Morgan fingerprint density at radius 1 is 1.04 bits per heavy atom. The zero-order valence-electron chi connectivity index (χ0n) is 14.5. The number of H-pyrrole nitrogens is 1. The second-order valence-electron chi connectivity index (χ2n) is 6.03. The van der Waals surface area contributed by atoms with Crippen molar-refractivity contribution < 1.29 is 4.74 Å². The molecule has 0 radical (unpaired) electrons. The van der Waals surface area contributed by atoms with E-state index in [0.717, 1.165) is 34.3 Å². The Kier molecular flexibility index (Phi) is 4.18. The predicted molar refractivity (Wildman–Crippen MR) is 99.7 cm³/mol. The molecule has 7 heteroatoms. The molecule has 0 amide bonds. The maximum atomic E-state index is 5.05. The lowest BCUT2D eigenvalue weighted by Crippen LogP contribution is -1.99. The first-order valence-corrected chi connectivity index (χ1v) is 8.22. The molecule has 0 aliphatic rings.